The summed E-state index contributed by atoms with van der Waals surface area (Å²) in [6.07, 6.45) is 2.17. The van der Waals surface area contributed by atoms with Crippen molar-refractivity contribution in [1.82, 2.24) is 0 Å². The SMILES string of the molecule is CC.CC.[Y].[Y].[Y].[Y].[Y].[Y].[Y].[Y].[Y].[Y].[Y].[Y].[Y].[Y].[Y].[Y].[Y].[Y].[Y].[Y].[Y].[Y].[Y].[Y].[Y].c1ccc([CH-]c2ccccc2)cc1. The zero-order chi connectivity index (χ0) is 12.9. The molecule has 0 saturated heterocycles. The molecule has 0 atom stereocenters. The summed E-state index contributed by atoms with van der Waals surface area (Å²) in [6.45, 7) is 8.00. The van der Waals surface area contributed by atoms with Crippen molar-refractivity contribution < 1.29 is 818 Å². The second-order valence-corrected chi connectivity index (χ2v) is 2.97. The Balaban J connectivity index is -0.00000000355. The van der Waals surface area contributed by atoms with Gasteiger partial charge in [0.25, 0.3) is 0 Å². The van der Waals surface area contributed by atoms with Crippen LogP contribution in [0.1, 0.15) is 38.8 Å². The van der Waals surface area contributed by atoms with Crippen LogP contribution in [0.15, 0.2) is 60.7 Å². The molecule has 2 aromatic carbocycles. The van der Waals surface area contributed by atoms with E-state index < -0.39 is 0 Å². The Morgan fingerprint density at radius 3 is 0.476 bits per heavy atom. The summed E-state index contributed by atoms with van der Waals surface area (Å²) < 4.78 is 0. The standard InChI is InChI=1S/C13H11.2C2H6.25Y/c1-3-7-12(8-4-1)11-13-9-5-2-6-10-13;2*1-2;;;;;;;;;;;;;;;;;;;;;;;;;/h1-11H;2*1-2H3;;;;;;;;;;;;;;;;;;;;;;;;;/q-1;;;;;;;;;;;;;;;;;;;;;;;;;;;. The number of rotatable bonds is 2. The maximum Gasteiger partial charge on any atom is 0 e. The van der Waals surface area contributed by atoms with Crippen molar-refractivity contribution in [3.8, 4) is 0 Å². The van der Waals surface area contributed by atoms with Gasteiger partial charge in [-0.15, -0.1) is 41.8 Å². The fraction of sp³-hybridized carbons (Fsp3) is 0.235. The molecule has 42 heavy (non-hydrogen) atoms. The Labute approximate surface area is 891 Å². The number of hydrogen-bond donors (Lipinski definition) is 0. The summed E-state index contributed by atoms with van der Waals surface area (Å²) in [4.78, 5) is 0. The molecule has 0 fully saturated rings. The second kappa shape index (κ2) is 158. The molecule has 0 N–H and O–H groups in total. The van der Waals surface area contributed by atoms with E-state index >= 15 is 0 Å². The maximum absolute atomic E-state index is 2.17. The third-order valence-corrected chi connectivity index (χ3v) is 1.93. The zero-order valence-corrected chi connectivity index (χ0v) is 96.7. The van der Waals surface area contributed by atoms with Gasteiger partial charge in [-0.25, -0.2) is 0 Å². The van der Waals surface area contributed by atoms with E-state index in [0.717, 1.165) is 0 Å². The normalized spacial score (nSPS) is 3.24. The molecule has 0 heterocycles. The monoisotopic (exact) mass is 2450 g/mol. The Morgan fingerprint density at radius 2 is 0.357 bits per heavy atom. The van der Waals surface area contributed by atoms with Crippen molar-refractivity contribution in [1.29, 1.82) is 0 Å². The number of benzene rings is 2. The summed E-state index contributed by atoms with van der Waals surface area (Å²) in [5.74, 6) is 0. The van der Waals surface area contributed by atoms with E-state index in [1.807, 2.05) is 39.8 Å². The summed E-state index contributed by atoms with van der Waals surface area (Å²) in [6, 6.07) is 20.7. The van der Waals surface area contributed by atoms with Crippen molar-refractivity contribution in [2.45, 2.75) is 27.7 Å². The Hall–Kier alpha value is 25.9. The first-order valence-corrected chi connectivity index (χ1v) is 6.40. The van der Waals surface area contributed by atoms with Crippen LogP contribution in [0.5, 0.6) is 0 Å². The predicted molar refractivity (Wildman–Crippen MR) is 78.1 cm³/mol. The predicted octanol–water partition coefficient (Wildman–Crippen LogP) is 5.28. The van der Waals surface area contributed by atoms with Crippen LogP contribution in [0, 0.1) is 6.42 Å². The molecule has 0 bridgehead atoms. The molecule has 0 aliphatic rings. The van der Waals surface area contributed by atoms with Gasteiger partial charge in [-0.2, -0.15) is 0 Å². The third kappa shape index (κ3) is 132. The van der Waals surface area contributed by atoms with Gasteiger partial charge in [0.15, 0.2) is 0 Å². The van der Waals surface area contributed by atoms with Gasteiger partial charge in [-0.3, -0.25) is 0 Å². The van der Waals surface area contributed by atoms with Gasteiger partial charge in [0.2, 0.25) is 0 Å². The fourth-order valence-corrected chi connectivity index (χ4v) is 1.29. The molecule has 25 heteroatoms. The van der Waals surface area contributed by atoms with Gasteiger partial charge in [-0.1, -0.05) is 64.1 Å². The minimum atomic E-state index is 0. The van der Waals surface area contributed by atoms with E-state index in [9.17, 15) is 0 Å². The van der Waals surface area contributed by atoms with Gasteiger partial charge in [0, 0.05) is 818 Å². The van der Waals surface area contributed by atoms with Gasteiger partial charge in [-0.05, 0) is 0 Å². The second-order valence-electron chi connectivity index (χ2n) is 2.97. The molecule has 0 nitrogen and oxygen atoms in total. The third-order valence-electron chi connectivity index (χ3n) is 1.93. The molecular weight excluding hydrogens is 2430 g/mol. The Morgan fingerprint density at radius 1 is 0.238 bits per heavy atom. The maximum atomic E-state index is 2.17. The summed E-state index contributed by atoms with van der Waals surface area (Å²) in [7, 11) is 0. The van der Waals surface area contributed by atoms with Crippen LogP contribution < -0.4 is 0 Å². The fourth-order valence-electron chi connectivity index (χ4n) is 1.29. The van der Waals surface area contributed by atoms with Crippen LogP contribution in [0.25, 0.3) is 0 Å². The average Bonchev–Trinajstić information content (AvgIpc) is 2.45. The van der Waals surface area contributed by atoms with Crippen molar-refractivity contribution in [3.63, 3.8) is 0 Å². The van der Waals surface area contributed by atoms with E-state index in [-0.39, 0.29) is 818 Å². The van der Waals surface area contributed by atoms with Gasteiger partial charge in [0.05, 0.1) is 0 Å². The smallest absolute Gasteiger partial charge is 0 e. The molecule has 0 aliphatic heterocycles. The first-order chi connectivity index (χ1) is 8.45. The van der Waals surface area contributed by atoms with Crippen LogP contribution in [-0.4, -0.2) is 0 Å². The minimum absolute atomic E-state index is 0. The quantitative estimate of drug-likeness (QED) is 0.360. The summed E-state index contributed by atoms with van der Waals surface area (Å²) in [5, 5.41) is 0. The van der Waals surface area contributed by atoms with Crippen LogP contribution in [0.4, 0.5) is 0 Å². The Bertz CT molecular complexity index is 352. The average molecular weight is 2450 g/mol. The van der Waals surface area contributed by atoms with Crippen LogP contribution >= 0.6 is 0 Å². The van der Waals surface area contributed by atoms with Gasteiger partial charge < -0.3 is 0 Å². The summed E-state index contributed by atoms with van der Waals surface area (Å²) in [5.41, 5.74) is 2.49. The molecule has 0 unspecified atom stereocenters. The zero-order valence-electron chi connectivity index (χ0n) is 25.8. The molecule has 0 aromatic heterocycles. The van der Waals surface area contributed by atoms with E-state index in [0.29, 0.717) is 0 Å². The van der Waals surface area contributed by atoms with Crippen molar-refractivity contribution in [2.24, 2.45) is 0 Å². The molecule has 0 aliphatic carbocycles. The molecule has 2 rings (SSSR count). The summed E-state index contributed by atoms with van der Waals surface area (Å²) >= 11 is 0. The molecule has 0 spiro atoms. The van der Waals surface area contributed by atoms with Gasteiger partial charge >= 0.3 is 0 Å². The van der Waals surface area contributed by atoms with E-state index in [4.69, 9.17) is 0 Å². The molecular formula is C17H23Y25-. The first-order valence-electron chi connectivity index (χ1n) is 6.40. The molecule has 0 amide bonds. The molecule has 25 radical (unpaired) electrons. The van der Waals surface area contributed by atoms with E-state index in [1.165, 1.54) is 11.1 Å². The largest absolute Gasteiger partial charge is 0.126 e. The van der Waals surface area contributed by atoms with Crippen LogP contribution in [-0.2, 0) is 818 Å². The molecule has 2 aromatic rings. The van der Waals surface area contributed by atoms with Crippen molar-refractivity contribution >= 4 is 0 Å². The first kappa shape index (κ1) is 173. The van der Waals surface area contributed by atoms with Gasteiger partial charge in [0.1, 0.15) is 0 Å². The minimum Gasteiger partial charge on any atom is -0.126 e. The van der Waals surface area contributed by atoms with Crippen LogP contribution in [0.2, 0.25) is 0 Å². The van der Waals surface area contributed by atoms with E-state index in [1.54, 1.807) is 0 Å². The van der Waals surface area contributed by atoms with E-state index in [2.05, 4.69) is 55.0 Å². The molecule has 167 valence electrons. The van der Waals surface area contributed by atoms with Crippen molar-refractivity contribution in [2.75, 3.05) is 0 Å². The molecule has 0 saturated carbocycles. The topological polar surface area (TPSA) is 0 Å². The number of hydrogen-bond acceptors (Lipinski definition) is 0. The van der Waals surface area contributed by atoms with Crippen LogP contribution in [0.3, 0.4) is 0 Å². The Kier molecular flexibility index (Phi) is 651. The van der Waals surface area contributed by atoms with Crippen molar-refractivity contribution in [3.05, 3.63) is 78.2 Å².